The average molecular weight is 275 g/mol. The maximum atomic E-state index is 12.1. The summed E-state index contributed by atoms with van der Waals surface area (Å²) in [5, 5.41) is 11.2. The first-order valence-corrected chi connectivity index (χ1v) is 7.19. The second kappa shape index (κ2) is 5.79. The third kappa shape index (κ3) is 3.77. The molecule has 0 saturated carbocycles. The van der Waals surface area contributed by atoms with Gasteiger partial charge in [0.2, 0.25) is 0 Å². The fourth-order valence-electron chi connectivity index (χ4n) is 1.45. The van der Waals surface area contributed by atoms with Crippen LogP contribution in [-0.2, 0) is 16.6 Å². The van der Waals surface area contributed by atoms with Crippen LogP contribution in [0.1, 0.15) is 25.1 Å². The Kier molecular flexibility index (Phi) is 4.85. The number of nitrogens with zero attached hydrogens (tertiary/aromatic N) is 2. The van der Waals surface area contributed by atoms with Crippen LogP contribution in [0.15, 0.2) is 5.03 Å². The fourth-order valence-corrected chi connectivity index (χ4v) is 2.73. The molecular weight excluding hydrogens is 254 g/mol. The van der Waals surface area contributed by atoms with Crippen LogP contribution in [0.3, 0.4) is 0 Å². The van der Waals surface area contributed by atoms with Crippen LogP contribution in [-0.4, -0.2) is 43.8 Å². The number of aryl methyl sites for hydroxylation is 1. The van der Waals surface area contributed by atoms with Crippen molar-refractivity contribution in [2.75, 3.05) is 14.1 Å². The normalized spacial score (nSPS) is 12.6. The quantitative estimate of drug-likeness (QED) is 0.634. The molecule has 0 spiro atoms. The Morgan fingerprint density at radius 1 is 1.39 bits per heavy atom. The lowest BCUT2D eigenvalue weighted by molar-refractivity contribution is 0.363. The van der Waals surface area contributed by atoms with Crippen LogP contribution in [0, 0.1) is 6.92 Å². The van der Waals surface area contributed by atoms with Gasteiger partial charge in [-0.15, -0.1) is 4.83 Å². The van der Waals surface area contributed by atoms with Crippen molar-refractivity contribution in [2.24, 2.45) is 0 Å². The van der Waals surface area contributed by atoms with Gasteiger partial charge in [-0.3, -0.25) is 5.10 Å². The van der Waals surface area contributed by atoms with Crippen molar-refractivity contribution in [2.45, 2.75) is 38.4 Å². The molecular formula is C10H21N5O2S. The summed E-state index contributed by atoms with van der Waals surface area (Å²) >= 11 is 0. The molecule has 18 heavy (non-hydrogen) atoms. The van der Waals surface area contributed by atoms with Crippen molar-refractivity contribution >= 4 is 10.0 Å². The van der Waals surface area contributed by atoms with Crippen molar-refractivity contribution < 1.29 is 8.42 Å². The van der Waals surface area contributed by atoms with Crippen LogP contribution in [0.4, 0.5) is 0 Å². The van der Waals surface area contributed by atoms with Gasteiger partial charge in [-0.1, -0.05) is 13.8 Å². The van der Waals surface area contributed by atoms with Gasteiger partial charge in [0, 0.05) is 37.9 Å². The van der Waals surface area contributed by atoms with E-state index in [1.807, 2.05) is 13.8 Å². The van der Waals surface area contributed by atoms with E-state index in [1.54, 1.807) is 21.0 Å². The average Bonchev–Trinajstić information content (AvgIpc) is 2.55. The molecule has 0 aliphatic rings. The molecule has 1 aromatic rings. The highest BCUT2D eigenvalue weighted by molar-refractivity contribution is 7.89. The number of hydrazine groups is 1. The van der Waals surface area contributed by atoms with E-state index < -0.39 is 10.0 Å². The Balaban J connectivity index is 3.03. The lowest BCUT2D eigenvalue weighted by Crippen LogP contribution is -2.37. The molecule has 0 aliphatic carbocycles. The molecule has 0 aliphatic heterocycles. The smallest absolute Gasteiger partial charge is 0.273 e. The molecule has 0 amide bonds. The topological polar surface area (TPSA) is 90.1 Å². The van der Waals surface area contributed by atoms with E-state index in [0.717, 1.165) is 5.69 Å². The molecule has 3 N–H and O–H groups in total. The maximum Gasteiger partial charge on any atom is 0.273 e. The SMILES string of the molecule is Cc1[nH]nc(S(=O)(=O)NN(C)C)c1CNC(C)C. The monoisotopic (exact) mass is 275 g/mol. The summed E-state index contributed by atoms with van der Waals surface area (Å²) in [5.74, 6) is 0. The predicted molar refractivity (Wildman–Crippen MR) is 69.3 cm³/mol. The van der Waals surface area contributed by atoms with Gasteiger partial charge in [0.1, 0.15) is 0 Å². The van der Waals surface area contributed by atoms with E-state index in [0.29, 0.717) is 12.1 Å². The third-order valence-electron chi connectivity index (χ3n) is 2.28. The zero-order chi connectivity index (χ0) is 13.9. The summed E-state index contributed by atoms with van der Waals surface area (Å²) in [7, 11) is -0.395. The summed E-state index contributed by atoms with van der Waals surface area (Å²) in [6.45, 7) is 6.27. The number of hydrogen-bond acceptors (Lipinski definition) is 5. The molecule has 1 rings (SSSR count). The number of aromatic nitrogens is 2. The Bertz CT molecular complexity index is 492. The first kappa shape index (κ1) is 15.1. The zero-order valence-electron chi connectivity index (χ0n) is 11.4. The Labute approximate surface area is 108 Å². The third-order valence-corrected chi connectivity index (χ3v) is 3.73. The molecule has 0 fully saturated rings. The summed E-state index contributed by atoms with van der Waals surface area (Å²) in [5.41, 5.74) is 1.42. The minimum absolute atomic E-state index is 0.0434. The molecule has 1 heterocycles. The predicted octanol–water partition coefficient (Wildman–Crippen LogP) is -0.0290. The highest BCUT2D eigenvalue weighted by atomic mass is 32.2. The number of H-pyrrole nitrogens is 1. The molecule has 7 nitrogen and oxygen atoms in total. The van der Waals surface area contributed by atoms with Gasteiger partial charge in [-0.2, -0.15) is 5.10 Å². The van der Waals surface area contributed by atoms with E-state index in [-0.39, 0.29) is 11.1 Å². The first-order chi connectivity index (χ1) is 8.24. The lowest BCUT2D eigenvalue weighted by Gasteiger charge is -2.13. The fraction of sp³-hybridized carbons (Fsp3) is 0.700. The molecule has 0 atom stereocenters. The number of nitrogens with one attached hydrogen (secondary N) is 3. The van der Waals surface area contributed by atoms with Gasteiger partial charge < -0.3 is 5.32 Å². The number of sulfonamides is 1. The molecule has 0 aromatic carbocycles. The maximum absolute atomic E-state index is 12.1. The van der Waals surface area contributed by atoms with E-state index in [2.05, 4.69) is 20.3 Å². The minimum Gasteiger partial charge on any atom is -0.310 e. The van der Waals surface area contributed by atoms with Gasteiger partial charge in [-0.25, -0.2) is 13.4 Å². The Morgan fingerprint density at radius 3 is 2.50 bits per heavy atom. The highest BCUT2D eigenvalue weighted by Crippen LogP contribution is 2.16. The molecule has 0 bridgehead atoms. The zero-order valence-corrected chi connectivity index (χ0v) is 12.2. The van der Waals surface area contributed by atoms with Crippen LogP contribution in [0.2, 0.25) is 0 Å². The number of hydrogen-bond donors (Lipinski definition) is 3. The van der Waals surface area contributed by atoms with Crippen molar-refractivity contribution in [1.29, 1.82) is 0 Å². The molecule has 0 saturated heterocycles. The van der Waals surface area contributed by atoms with Gasteiger partial charge in [0.05, 0.1) is 0 Å². The minimum atomic E-state index is -3.62. The van der Waals surface area contributed by atoms with Gasteiger partial charge in [0.25, 0.3) is 10.0 Å². The van der Waals surface area contributed by atoms with Gasteiger partial charge in [0.15, 0.2) is 5.03 Å². The Hall–Kier alpha value is -0.960. The van der Waals surface area contributed by atoms with Crippen molar-refractivity contribution in [3.8, 4) is 0 Å². The number of aromatic amines is 1. The molecule has 104 valence electrons. The standard InChI is InChI=1S/C10H21N5O2S/c1-7(2)11-6-9-8(3)12-13-10(9)18(16,17)14-15(4)5/h7,11,14H,6H2,1-5H3,(H,12,13). The Morgan fingerprint density at radius 2 is 2.00 bits per heavy atom. The van der Waals surface area contributed by atoms with E-state index in [1.165, 1.54) is 5.01 Å². The van der Waals surface area contributed by atoms with E-state index in [4.69, 9.17) is 0 Å². The molecule has 0 unspecified atom stereocenters. The summed E-state index contributed by atoms with van der Waals surface area (Å²) in [6, 6.07) is 0.275. The first-order valence-electron chi connectivity index (χ1n) is 5.71. The molecule has 0 radical (unpaired) electrons. The van der Waals surface area contributed by atoms with Gasteiger partial charge in [-0.05, 0) is 6.92 Å². The van der Waals surface area contributed by atoms with Crippen molar-refractivity contribution in [1.82, 2.24) is 25.4 Å². The number of rotatable bonds is 6. The van der Waals surface area contributed by atoms with Crippen LogP contribution < -0.4 is 10.1 Å². The van der Waals surface area contributed by atoms with Crippen LogP contribution >= 0.6 is 0 Å². The lowest BCUT2D eigenvalue weighted by atomic mass is 10.2. The second-order valence-electron chi connectivity index (χ2n) is 4.66. The molecule has 8 heteroatoms. The van der Waals surface area contributed by atoms with Crippen LogP contribution in [0.25, 0.3) is 0 Å². The van der Waals surface area contributed by atoms with E-state index >= 15 is 0 Å². The largest absolute Gasteiger partial charge is 0.310 e. The van der Waals surface area contributed by atoms with Crippen molar-refractivity contribution in [3.63, 3.8) is 0 Å². The summed E-state index contributed by atoms with van der Waals surface area (Å²) in [6.07, 6.45) is 0. The summed E-state index contributed by atoms with van der Waals surface area (Å²) < 4.78 is 24.1. The van der Waals surface area contributed by atoms with E-state index in [9.17, 15) is 8.42 Å². The van der Waals surface area contributed by atoms with Crippen LogP contribution in [0.5, 0.6) is 0 Å². The summed E-state index contributed by atoms with van der Waals surface area (Å²) in [4.78, 5) is 2.37. The second-order valence-corrected chi connectivity index (χ2v) is 6.23. The molecule has 1 aromatic heterocycles. The van der Waals surface area contributed by atoms with Gasteiger partial charge >= 0.3 is 0 Å². The highest BCUT2D eigenvalue weighted by Gasteiger charge is 2.24. The van der Waals surface area contributed by atoms with Crippen molar-refractivity contribution in [3.05, 3.63) is 11.3 Å².